The number of hydrogen-bond acceptors (Lipinski definition) is 5. The zero-order chi connectivity index (χ0) is 30.4. The first-order chi connectivity index (χ1) is 19.7. The Morgan fingerprint density at radius 3 is 2.50 bits per heavy atom. The van der Waals surface area contributed by atoms with E-state index in [9.17, 15) is 32.8 Å². The number of rotatable bonds is 5. The number of para-hydroxylation sites is 1. The van der Waals surface area contributed by atoms with Crippen molar-refractivity contribution in [3.63, 3.8) is 0 Å². The van der Waals surface area contributed by atoms with Crippen LogP contribution in [0.2, 0.25) is 0 Å². The number of anilines is 1. The summed E-state index contributed by atoms with van der Waals surface area (Å²) in [6.45, 7) is 5.73. The molecule has 3 heterocycles. The molecule has 0 saturated carbocycles. The molecule has 1 fully saturated rings. The van der Waals surface area contributed by atoms with E-state index in [-0.39, 0.29) is 30.9 Å². The van der Waals surface area contributed by atoms with Crippen molar-refractivity contribution in [2.24, 2.45) is 5.41 Å². The van der Waals surface area contributed by atoms with Gasteiger partial charge in [0.2, 0.25) is 11.8 Å². The SMILES string of the molecule is CC(C)(C)C[C@H](NC(=O)c1cnn(-c2ccc(C(F)(F)F)cc2)c1)C(=O)N1C[C@]2(C[C@H]1C#N)C(=O)Nc1ccccc12. The van der Waals surface area contributed by atoms with Crippen molar-refractivity contribution in [1.29, 1.82) is 5.26 Å². The number of aromatic nitrogens is 2. The average Bonchev–Trinajstić information content (AvgIpc) is 3.64. The number of benzene rings is 2. The highest BCUT2D eigenvalue weighted by atomic mass is 19.4. The van der Waals surface area contributed by atoms with Crippen LogP contribution in [0.5, 0.6) is 0 Å². The van der Waals surface area contributed by atoms with E-state index in [4.69, 9.17) is 0 Å². The molecule has 2 aromatic carbocycles. The van der Waals surface area contributed by atoms with E-state index in [1.54, 1.807) is 18.2 Å². The minimum Gasteiger partial charge on any atom is -0.340 e. The first-order valence-electron chi connectivity index (χ1n) is 13.4. The number of hydrogen-bond donors (Lipinski definition) is 2. The maximum absolute atomic E-state index is 14.0. The number of nitrogens with one attached hydrogen (secondary N) is 2. The van der Waals surface area contributed by atoms with Crippen molar-refractivity contribution in [2.45, 2.75) is 57.3 Å². The van der Waals surface area contributed by atoms with Gasteiger partial charge in [-0.3, -0.25) is 14.4 Å². The summed E-state index contributed by atoms with van der Waals surface area (Å²) in [5.41, 5.74) is -0.464. The summed E-state index contributed by atoms with van der Waals surface area (Å²) in [6, 6.07) is 11.8. The predicted molar refractivity (Wildman–Crippen MR) is 146 cm³/mol. The van der Waals surface area contributed by atoms with Crippen LogP contribution in [-0.4, -0.2) is 51.0 Å². The van der Waals surface area contributed by atoms with Gasteiger partial charge in [-0.15, -0.1) is 0 Å². The molecule has 0 aliphatic carbocycles. The highest BCUT2D eigenvalue weighted by Gasteiger charge is 2.56. The average molecular weight is 579 g/mol. The molecule has 0 radical (unpaired) electrons. The number of nitrogens with zero attached hydrogens (tertiary/aromatic N) is 4. The highest BCUT2D eigenvalue weighted by molar-refractivity contribution is 6.07. The fourth-order valence-electron chi connectivity index (χ4n) is 5.62. The molecule has 12 heteroatoms. The van der Waals surface area contributed by atoms with Crippen LogP contribution in [0.25, 0.3) is 5.69 Å². The van der Waals surface area contributed by atoms with Gasteiger partial charge in [-0.2, -0.15) is 23.5 Å². The molecule has 2 aliphatic rings. The molecule has 2 N–H and O–H groups in total. The highest BCUT2D eigenvalue weighted by Crippen LogP contribution is 2.46. The molecule has 9 nitrogen and oxygen atoms in total. The van der Waals surface area contributed by atoms with Gasteiger partial charge in [0.15, 0.2) is 0 Å². The number of likely N-dealkylation sites (tertiary alicyclic amines) is 1. The normalized spacial score (nSPS) is 20.6. The van der Waals surface area contributed by atoms with E-state index in [1.807, 2.05) is 26.8 Å². The third kappa shape index (κ3) is 5.34. The molecule has 0 unspecified atom stereocenters. The number of carbonyl (C=O) groups excluding carboxylic acids is 3. The van der Waals surface area contributed by atoms with Crippen LogP contribution in [0.3, 0.4) is 0 Å². The smallest absolute Gasteiger partial charge is 0.340 e. The van der Waals surface area contributed by atoms with Gasteiger partial charge in [0, 0.05) is 24.8 Å². The summed E-state index contributed by atoms with van der Waals surface area (Å²) in [7, 11) is 0. The standard InChI is InChI=1S/C30H29F3N6O3/c1-28(2,3)13-24(36-25(40)18-15-35-39(16-18)20-10-8-19(9-11-20)30(31,32)33)26(41)38-17-29(12-21(38)14-34)22-6-4-5-7-23(22)37-27(29)42/h4-11,15-16,21,24H,12-13,17H2,1-3H3,(H,36,40)(H,37,42)/t21-,24-,29-/m0/s1. The first-order valence-corrected chi connectivity index (χ1v) is 13.4. The Morgan fingerprint density at radius 1 is 1.17 bits per heavy atom. The first kappa shape index (κ1) is 28.9. The lowest BCUT2D eigenvalue weighted by Crippen LogP contribution is -2.52. The van der Waals surface area contributed by atoms with Gasteiger partial charge in [-0.1, -0.05) is 39.0 Å². The van der Waals surface area contributed by atoms with Crippen molar-refractivity contribution < 1.29 is 27.6 Å². The van der Waals surface area contributed by atoms with E-state index >= 15 is 0 Å². The third-order valence-electron chi connectivity index (χ3n) is 7.64. The van der Waals surface area contributed by atoms with Crippen molar-refractivity contribution in [3.8, 4) is 11.8 Å². The van der Waals surface area contributed by atoms with Crippen LogP contribution in [-0.2, 0) is 21.2 Å². The van der Waals surface area contributed by atoms with Gasteiger partial charge in [0.25, 0.3) is 5.91 Å². The second kappa shape index (κ2) is 10.3. The van der Waals surface area contributed by atoms with E-state index < -0.39 is 46.5 Å². The number of alkyl halides is 3. The van der Waals surface area contributed by atoms with Crippen molar-refractivity contribution >= 4 is 23.4 Å². The zero-order valence-electron chi connectivity index (χ0n) is 23.2. The van der Waals surface area contributed by atoms with Crippen molar-refractivity contribution in [3.05, 3.63) is 77.6 Å². The zero-order valence-corrected chi connectivity index (χ0v) is 23.2. The van der Waals surface area contributed by atoms with Crippen LogP contribution >= 0.6 is 0 Å². The number of carbonyl (C=O) groups is 3. The summed E-state index contributed by atoms with van der Waals surface area (Å²) in [5.74, 6) is -1.36. The quantitative estimate of drug-likeness (QED) is 0.464. The molecule has 1 saturated heterocycles. The minimum absolute atomic E-state index is 0.00469. The Bertz CT molecular complexity index is 1580. The molecule has 5 rings (SSSR count). The number of halogens is 3. The lowest BCUT2D eigenvalue weighted by atomic mass is 9.80. The van der Waals surface area contributed by atoms with Gasteiger partial charge < -0.3 is 15.5 Å². The van der Waals surface area contributed by atoms with Crippen molar-refractivity contribution in [1.82, 2.24) is 20.0 Å². The molecule has 2 aliphatic heterocycles. The lowest BCUT2D eigenvalue weighted by molar-refractivity contribution is -0.137. The molecule has 1 aromatic heterocycles. The molecule has 1 spiro atoms. The van der Waals surface area contributed by atoms with Crippen LogP contribution in [0.15, 0.2) is 60.9 Å². The number of fused-ring (bicyclic) bond motifs is 2. The number of nitriles is 1. The Kier molecular flexibility index (Phi) is 7.08. The van der Waals surface area contributed by atoms with Crippen LogP contribution < -0.4 is 10.6 Å². The molecule has 3 atom stereocenters. The molecule has 3 aromatic rings. The second-order valence-electron chi connectivity index (χ2n) is 11.9. The number of amides is 3. The van der Waals surface area contributed by atoms with Crippen molar-refractivity contribution in [2.75, 3.05) is 11.9 Å². The second-order valence-corrected chi connectivity index (χ2v) is 11.9. The fourth-order valence-corrected chi connectivity index (χ4v) is 5.62. The van der Waals surface area contributed by atoms with E-state index in [2.05, 4.69) is 21.8 Å². The van der Waals surface area contributed by atoms with E-state index in [0.29, 0.717) is 11.4 Å². The van der Waals surface area contributed by atoms with Crippen LogP contribution in [0.1, 0.15) is 55.1 Å². The third-order valence-corrected chi connectivity index (χ3v) is 7.64. The van der Waals surface area contributed by atoms with Crippen LogP contribution in [0.4, 0.5) is 18.9 Å². The Morgan fingerprint density at radius 2 is 1.86 bits per heavy atom. The summed E-state index contributed by atoms with van der Waals surface area (Å²) < 4.78 is 40.0. The fraction of sp³-hybridized carbons (Fsp3) is 0.367. The van der Waals surface area contributed by atoms with Gasteiger partial charge in [0.1, 0.15) is 12.1 Å². The molecule has 0 bridgehead atoms. The van der Waals surface area contributed by atoms with Crippen LogP contribution in [0, 0.1) is 16.7 Å². The monoisotopic (exact) mass is 578 g/mol. The molecule has 218 valence electrons. The van der Waals surface area contributed by atoms with Gasteiger partial charge in [-0.05, 0) is 47.7 Å². The maximum atomic E-state index is 14.0. The Labute approximate surface area is 240 Å². The molecule has 3 amide bonds. The minimum atomic E-state index is -4.48. The molecular formula is C30H29F3N6O3. The maximum Gasteiger partial charge on any atom is 0.416 e. The predicted octanol–water partition coefficient (Wildman–Crippen LogP) is 4.44. The Hall–Kier alpha value is -4.66. The lowest BCUT2D eigenvalue weighted by Gasteiger charge is -2.31. The molecular weight excluding hydrogens is 549 g/mol. The topological polar surface area (TPSA) is 120 Å². The van der Waals surface area contributed by atoms with E-state index in [0.717, 1.165) is 17.7 Å². The molecule has 42 heavy (non-hydrogen) atoms. The summed E-state index contributed by atoms with van der Waals surface area (Å²) in [4.78, 5) is 41.8. The van der Waals surface area contributed by atoms with E-state index in [1.165, 1.54) is 34.1 Å². The van der Waals surface area contributed by atoms with Gasteiger partial charge >= 0.3 is 6.18 Å². The van der Waals surface area contributed by atoms with Gasteiger partial charge in [0.05, 0.1) is 34.5 Å². The largest absolute Gasteiger partial charge is 0.416 e. The van der Waals surface area contributed by atoms with Gasteiger partial charge in [-0.25, -0.2) is 4.68 Å². The summed E-state index contributed by atoms with van der Waals surface area (Å²) in [6.07, 6.45) is -1.48. The summed E-state index contributed by atoms with van der Waals surface area (Å²) in [5, 5.41) is 19.7. The Balaban J connectivity index is 1.37. The summed E-state index contributed by atoms with van der Waals surface area (Å²) >= 11 is 0.